The predicted molar refractivity (Wildman–Crippen MR) is 98.8 cm³/mol. The summed E-state index contributed by atoms with van der Waals surface area (Å²) < 4.78 is 7.46. The van der Waals surface area contributed by atoms with E-state index in [4.69, 9.17) is 4.74 Å². The summed E-state index contributed by atoms with van der Waals surface area (Å²) in [4.78, 5) is 16.6. The molecule has 3 aromatic rings. The number of rotatable bonds is 8. The van der Waals surface area contributed by atoms with Crippen LogP contribution in [0, 0.1) is 0 Å². The second-order valence-electron chi connectivity index (χ2n) is 5.39. The Morgan fingerprint density at radius 1 is 1.32 bits per heavy atom. The Hall–Kier alpha value is -2.67. The lowest BCUT2D eigenvalue weighted by Gasteiger charge is -2.07. The molecule has 0 spiro atoms. The van der Waals surface area contributed by atoms with Gasteiger partial charge in [-0.25, -0.2) is 4.98 Å². The number of carbonyl (C=O) groups is 1. The van der Waals surface area contributed by atoms with E-state index in [-0.39, 0.29) is 5.91 Å². The molecule has 7 heteroatoms. The van der Waals surface area contributed by atoms with Crippen LogP contribution in [0.2, 0.25) is 0 Å². The molecule has 0 aliphatic heterocycles. The Kier molecular flexibility index (Phi) is 5.79. The van der Waals surface area contributed by atoms with Crippen molar-refractivity contribution in [3.8, 4) is 17.0 Å². The maximum atomic E-state index is 12.1. The molecule has 0 aliphatic carbocycles. The standard InChI is InChI=1S/C18H20N4O2S/c1-2-24-16-8-4-3-7-14(16)15-13-25-18(20-15)21-17(23)9-5-11-22-12-6-10-19-22/h3-4,6-8,10,12-13H,2,5,9,11H2,1H3,(H,20,21,23). The number of nitrogens with zero attached hydrogens (tertiary/aromatic N) is 3. The molecule has 0 bridgehead atoms. The van der Waals surface area contributed by atoms with Crippen molar-refractivity contribution < 1.29 is 9.53 Å². The molecular formula is C18H20N4O2S. The van der Waals surface area contributed by atoms with Crippen LogP contribution in [0.5, 0.6) is 5.75 Å². The van der Waals surface area contributed by atoms with E-state index in [1.165, 1.54) is 11.3 Å². The van der Waals surface area contributed by atoms with Crippen molar-refractivity contribution in [3.63, 3.8) is 0 Å². The number of carbonyl (C=O) groups excluding carboxylic acids is 1. The van der Waals surface area contributed by atoms with Gasteiger partial charge in [0.25, 0.3) is 0 Å². The summed E-state index contributed by atoms with van der Waals surface area (Å²) in [5.41, 5.74) is 1.74. The van der Waals surface area contributed by atoms with Gasteiger partial charge >= 0.3 is 0 Å². The fourth-order valence-electron chi connectivity index (χ4n) is 2.43. The van der Waals surface area contributed by atoms with Gasteiger partial charge in [-0.2, -0.15) is 5.10 Å². The Morgan fingerprint density at radius 3 is 3.00 bits per heavy atom. The number of hydrogen-bond acceptors (Lipinski definition) is 5. The molecule has 0 fully saturated rings. The first kappa shape index (κ1) is 17.2. The number of thiazole rings is 1. The third-order valence-electron chi connectivity index (χ3n) is 3.56. The van der Waals surface area contributed by atoms with Gasteiger partial charge in [0.05, 0.1) is 12.3 Å². The molecule has 2 aromatic heterocycles. The molecule has 1 aromatic carbocycles. The number of para-hydroxylation sites is 1. The molecule has 0 radical (unpaired) electrons. The van der Waals surface area contributed by atoms with Crippen LogP contribution in [0.1, 0.15) is 19.8 Å². The number of aromatic nitrogens is 3. The van der Waals surface area contributed by atoms with Gasteiger partial charge in [0.15, 0.2) is 5.13 Å². The average Bonchev–Trinajstić information content (AvgIpc) is 3.28. The summed E-state index contributed by atoms with van der Waals surface area (Å²) in [5, 5.41) is 9.51. The molecule has 130 valence electrons. The van der Waals surface area contributed by atoms with E-state index in [2.05, 4.69) is 15.4 Å². The van der Waals surface area contributed by atoms with Crippen molar-refractivity contribution in [2.24, 2.45) is 0 Å². The van der Waals surface area contributed by atoms with Gasteiger partial charge in [0, 0.05) is 36.3 Å². The molecule has 25 heavy (non-hydrogen) atoms. The molecule has 3 rings (SSSR count). The minimum absolute atomic E-state index is 0.0360. The molecular weight excluding hydrogens is 336 g/mol. The van der Waals surface area contributed by atoms with Crippen LogP contribution in [-0.2, 0) is 11.3 Å². The molecule has 0 saturated heterocycles. The van der Waals surface area contributed by atoms with E-state index >= 15 is 0 Å². The van der Waals surface area contributed by atoms with Gasteiger partial charge in [-0.05, 0) is 31.5 Å². The van der Waals surface area contributed by atoms with Crippen LogP contribution in [0.4, 0.5) is 5.13 Å². The lowest BCUT2D eigenvalue weighted by atomic mass is 10.1. The number of anilines is 1. The van der Waals surface area contributed by atoms with E-state index < -0.39 is 0 Å². The summed E-state index contributed by atoms with van der Waals surface area (Å²) in [6, 6.07) is 9.65. The third-order valence-corrected chi connectivity index (χ3v) is 4.32. The van der Waals surface area contributed by atoms with E-state index in [0.717, 1.165) is 30.0 Å². The highest BCUT2D eigenvalue weighted by Crippen LogP contribution is 2.32. The maximum Gasteiger partial charge on any atom is 0.226 e. The summed E-state index contributed by atoms with van der Waals surface area (Å²) >= 11 is 1.41. The normalized spacial score (nSPS) is 10.6. The predicted octanol–water partition coefficient (Wildman–Crippen LogP) is 3.82. The van der Waals surface area contributed by atoms with Gasteiger partial charge in [0.2, 0.25) is 5.91 Å². The van der Waals surface area contributed by atoms with Crippen LogP contribution >= 0.6 is 11.3 Å². The van der Waals surface area contributed by atoms with Crippen molar-refractivity contribution in [1.29, 1.82) is 0 Å². The minimum atomic E-state index is -0.0360. The van der Waals surface area contributed by atoms with Crippen molar-refractivity contribution in [2.45, 2.75) is 26.3 Å². The fourth-order valence-corrected chi connectivity index (χ4v) is 3.16. The van der Waals surface area contributed by atoms with Crippen molar-refractivity contribution >= 4 is 22.4 Å². The third kappa shape index (κ3) is 4.67. The number of amides is 1. The van der Waals surface area contributed by atoms with Gasteiger partial charge in [-0.15, -0.1) is 11.3 Å². The van der Waals surface area contributed by atoms with Crippen LogP contribution in [-0.4, -0.2) is 27.3 Å². The Bertz CT molecular complexity index is 814. The zero-order valence-electron chi connectivity index (χ0n) is 14.0. The largest absolute Gasteiger partial charge is 0.493 e. The van der Waals surface area contributed by atoms with Crippen LogP contribution < -0.4 is 10.1 Å². The van der Waals surface area contributed by atoms with Crippen molar-refractivity contribution in [3.05, 3.63) is 48.1 Å². The lowest BCUT2D eigenvalue weighted by Crippen LogP contribution is -2.12. The molecule has 2 heterocycles. The highest BCUT2D eigenvalue weighted by Gasteiger charge is 2.11. The average molecular weight is 356 g/mol. The van der Waals surface area contributed by atoms with E-state index in [9.17, 15) is 4.79 Å². The molecule has 0 aliphatic rings. The lowest BCUT2D eigenvalue weighted by molar-refractivity contribution is -0.116. The summed E-state index contributed by atoms with van der Waals surface area (Å²) in [6.45, 7) is 3.28. The Morgan fingerprint density at radius 2 is 2.20 bits per heavy atom. The van der Waals surface area contributed by atoms with E-state index in [0.29, 0.717) is 18.2 Å². The topological polar surface area (TPSA) is 69.0 Å². The number of ether oxygens (including phenoxy) is 1. The fraction of sp³-hybridized carbons (Fsp3) is 0.278. The molecule has 0 atom stereocenters. The maximum absolute atomic E-state index is 12.1. The van der Waals surface area contributed by atoms with Crippen LogP contribution in [0.3, 0.4) is 0 Å². The molecule has 1 amide bonds. The second kappa shape index (κ2) is 8.43. The smallest absolute Gasteiger partial charge is 0.226 e. The van der Waals surface area contributed by atoms with Gasteiger partial charge in [0.1, 0.15) is 5.75 Å². The van der Waals surface area contributed by atoms with Gasteiger partial charge < -0.3 is 10.1 Å². The Balaban J connectivity index is 1.57. The first-order chi connectivity index (χ1) is 12.3. The van der Waals surface area contributed by atoms with Gasteiger partial charge in [-0.1, -0.05) is 12.1 Å². The number of nitrogens with one attached hydrogen (secondary N) is 1. The van der Waals surface area contributed by atoms with Gasteiger partial charge in [-0.3, -0.25) is 9.48 Å². The zero-order valence-corrected chi connectivity index (χ0v) is 14.8. The Labute approximate surface area is 150 Å². The monoisotopic (exact) mass is 356 g/mol. The van der Waals surface area contributed by atoms with Crippen LogP contribution in [0.25, 0.3) is 11.3 Å². The quantitative estimate of drug-likeness (QED) is 0.666. The first-order valence-corrected chi connectivity index (χ1v) is 9.09. The second-order valence-corrected chi connectivity index (χ2v) is 6.25. The molecule has 1 N–H and O–H groups in total. The van der Waals surface area contributed by atoms with Crippen LogP contribution in [0.15, 0.2) is 48.1 Å². The number of benzene rings is 1. The molecule has 6 nitrogen and oxygen atoms in total. The summed E-state index contributed by atoms with van der Waals surface area (Å²) in [5.74, 6) is 0.763. The summed E-state index contributed by atoms with van der Waals surface area (Å²) in [6.07, 6.45) is 4.79. The van der Waals surface area contributed by atoms with E-state index in [1.807, 2.05) is 53.5 Å². The van der Waals surface area contributed by atoms with Crippen molar-refractivity contribution in [2.75, 3.05) is 11.9 Å². The highest BCUT2D eigenvalue weighted by molar-refractivity contribution is 7.14. The SMILES string of the molecule is CCOc1ccccc1-c1csc(NC(=O)CCCn2cccn2)n1. The molecule has 0 saturated carbocycles. The van der Waals surface area contributed by atoms with Crippen molar-refractivity contribution in [1.82, 2.24) is 14.8 Å². The molecule has 0 unspecified atom stereocenters. The zero-order chi connectivity index (χ0) is 17.5. The first-order valence-electron chi connectivity index (χ1n) is 8.21. The number of aryl methyl sites for hydroxylation is 1. The summed E-state index contributed by atoms with van der Waals surface area (Å²) in [7, 11) is 0. The van der Waals surface area contributed by atoms with E-state index in [1.54, 1.807) is 6.20 Å². The minimum Gasteiger partial charge on any atom is -0.493 e. The highest BCUT2D eigenvalue weighted by atomic mass is 32.1. The number of hydrogen-bond donors (Lipinski definition) is 1.